The van der Waals surface area contributed by atoms with Crippen molar-refractivity contribution in [3.05, 3.63) is 48.1 Å². The molecule has 0 saturated carbocycles. The van der Waals surface area contributed by atoms with Gasteiger partial charge in [-0.3, -0.25) is 4.99 Å². The average molecular weight is 182 g/mol. The van der Waals surface area contributed by atoms with Crippen LogP contribution >= 0.6 is 12.4 Å². The van der Waals surface area contributed by atoms with Crippen molar-refractivity contribution in [2.45, 2.75) is 0 Å². The topological polar surface area (TPSA) is 21.6 Å². The van der Waals surface area contributed by atoms with Crippen LogP contribution in [0.5, 0.6) is 0 Å². The summed E-state index contributed by atoms with van der Waals surface area (Å²) >= 11 is 0. The number of allylic oxidation sites excluding steroid dienone is 4. The molecule has 0 radical (unpaired) electrons. The van der Waals surface area contributed by atoms with Gasteiger partial charge in [0, 0.05) is 18.0 Å². The zero-order valence-electron chi connectivity index (χ0n) is 6.31. The van der Waals surface area contributed by atoms with Gasteiger partial charge in [-0.05, 0) is 24.3 Å². The van der Waals surface area contributed by atoms with Gasteiger partial charge >= 0.3 is 0 Å². The van der Waals surface area contributed by atoms with Crippen molar-refractivity contribution in [3.8, 4) is 0 Å². The Balaban J connectivity index is 0.000000720. The van der Waals surface area contributed by atoms with E-state index in [9.17, 15) is 0 Å². The predicted octanol–water partition coefficient (Wildman–Crippen LogP) is 2.36. The minimum absolute atomic E-state index is 0. The van der Waals surface area contributed by atoms with Gasteiger partial charge in [0.05, 0.1) is 6.26 Å². The molecule has 0 aromatic heterocycles. The fourth-order valence-corrected chi connectivity index (χ4v) is 0.963. The first kappa shape index (κ1) is 8.81. The van der Waals surface area contributed by atoms with Gasteiger partial charge < -0.3 is 4.74 Å². The summed E-state index contributed by atoms with van der Waals surface area (Å²) in [6.07, 6.45) is 12.7. The molecule has 2 rings (SSSR count). The highest BCUT2D eigenvalue weighted by Gasteiger charge is 2.04. The fourth-order valence-electron chi connectivity index (χ4n) is 0.963. The summed E-state index contributed by atoms with van der Waals surface area (Å²) < 4.78 is 5.23. The lowest BCUT2D eigenvalue weighted by Crippen LogP contribution is -1.92. The number of rotatable bonds is 0. The number of aliphatic imine (C=N–C) groups is 1. The highest BCUT2D eigenvalue weighted by Crippen LogP contribution is 2.18. The van der Waals surface area contributed by atoms with Crippen LogP contribution in [0.25, 0.3) is 0 Å². The zero-order valence-corrected chi connectivity index (χ0v) is 7.12. The fraction of sp³-hybridized carbons (Fsp3) is 0. The summed E-state index contributed by atoms with van der Waals surface area (Å²) in [6, 6.07) is 0. The molecule has 2 nitrogen and oxygen atoms in total. The quantitative estimate of drug-likeness (QED) is 0.562. The number of ether oxygens (including phenoxy) is 1. The largest absolute Gasteiger partial charge is 0.464 e. The third-order valence-electron chi connectivity index (χ3n) is 1.49. The number of nitrogens with zero attached hydrogens (tertiary/aromatic N) is 1. The van der Waals surface area contributed by atoms with Crippen molar-refractivity contribution in [1.82, 2.24) is 0 Å². The Morgan fingerprint density at radius 1 is 1.25 bits per heavy atom. The first-order valence-electron chi connectivity index (χ1n) is 3.41. The Hall–Kier alpha value is -1.28. The van der Waals surface area contributed by atoms with Crippen LogP contribution in [0.4, 0.5) is 0 Å². The molecule has 2 aliphatic rings. The maximum absolute atomic E-state index is 5.23. The molecule has 0 unspecified atom stereocenters. The number of hydrogen-bond acceptors (Lipinski definition) is 2. The van der Waals surface area contributed by atoms with Gasteiger partial charge in [-0.1, -0.05) is 0 Å². The normalized spacial score (nSPS) is 18.0. The van der Waals surface area contributed by atoms with Gasteiger partial charge in [-0.2, -0.15) is 0 Å². The van der Waals surface area contributed by atoms with Crippen LogP contribution in [-0.4, -0.2) is 6.21 Å². The van der Waals surface area contributed by atoms with Crippen LogP contribution in [0.3, 0.4) is 0 Å². The molecule has 62 valence electrons. The Bertz CT molecular complexity index is 310. The van der Waals surface area contributed by atoms with Gasteiger partial charge in [-0.15, -0.1) is 12.4 Å². The Labute approximate surface area is 77.1 Å². The van der Waals surface area contributed by atoms with Crippen LogP contribution in [0, 0.1) is 0 Å². The highest BCUT2D eigenvalue weighted by molar-refractivity contribution is 5.85. The highest BCUT2D eigenvalue weighted by atomic mass is 35.5. The zero-order chi connectivity index (χ0) is 7.52. The standard InChI is InChI=1S/C9H7NO.ClH/c1-2-8-3-5-10-6-4-9(8)11-7-1;/h1-7H;1H. The Morgan fingerprint density at radius 3 is 3.08 bits per heavy atom. The van der Waals surface area contributed by atoms with Crippen LogP contribution in [0.1, 0.15) is 0 Å². The van der Waals surface area contributed by atoms with Crippen molar-refractivity contribution >= 4 is 18.6 Å². The molecule has 0 aromatic carbocycles. The number of halogens is 1. The molecule has 2 aliphatic heterocycles. The second-order valence-electron chi connectivity index (χ2n) is 2.21. The van der Waals surface area contributed by atoms with Crippen molar-refractivity contribution in [2.24, 2.45) is 4.99 Å². The lowest BCUT2D eigenvalue weighted by molar-refractivity contribution is 0.360. The van der Waals surface area contributed by atoms with E-state index < -0.39 is 0 Å². The number of hydrogen-bond donors (Lipinski definition) is 0. The summed E-state index contributed by atoms with van der Waals surface area (Å²) in [4.78, 5) is 3.96. The van der Waals surface area contributed by atoms with Gasteiger partial charge in [0.2, 0.25) is 0 Å². The lowest BCUT2D eigenvalue weighted by Gasteiger charge is -2.08. The second-order valence-corrected chi connectivity index (χ2v) is 2.21. The molecule has 0 fully saturated rings. The molecule has 0 aliphatic carbocycles. The van der Waals surface area contributed by atoms with E-state index in [0.717, 1.165) is 11.3 Å². The molecule has 0 amide bonds. The molecule has 0 N–H and O–H groups in total. The van der Waals surface area contributed by atoms with Gasteiger partial charge in [0.1, 0.15) is 5.76 Å². The second kappa shape index (κ2) is 3.93. The van der Waals surface area contributed by atoms with E-state index in [4.69, 9.17) is 4.74 Å². The molecule has 0 spiro atoms. The van der Waals surface area contributed by atoms with Crippen molar-refractivity contribution in [1.29, 1.82) is 0 Å². The molecule has 0 bridgehead atoms. The van der Waals surface area contributed by atoms with Gasteiger partial charge in [0.25, 0.3) is 0 Å². The number of fused-ring (bicyclic) bond motifs is 1. The molecular formula is C9H8ClNO. The third-order valence-corrected chi connectivity index (χ3v) is 1.49. The summed E-state index contributed by atoms with van der Waals surface area (Å²) in [6.45, 7) is 0. The molecule has 3 heteroatoms. The van der Waals surface area contributed by atoms with Gasteiger partial charge in [-0.25, -0.2) is 0 Å². The summed E-state index contributed by atoms with van der Waals surface area (Å²) in [5, 5.41) is 0. The Morgan fingerprint density at radius 2 is 2.17 bits per heavy atom. The molecule has 0 saturated heterocycles. The molecular weight excluding hydrogens is 174 g/mol. The van der Waals surface area contributed by atoms with Crippen LogP contribution in [-0.2, 0) is 4.74 Å². The van der Waals surface area contributed by atoms with Crippen LogP contribution < -0.4 is 0 Å². The molecule has 12 heavy (non-hydrogen) atoms. The third kappa shape index (κ3) is 1.66. The maximum atomic E-state index is 5.23. The minimum Gasteiger partial charge on any atom is -0.464 e. The van der Waals surface area contributed by atoms with Crippen LogP contribution in [0.2, 0.25) is 0 Å². The van der Waals surface area contributed by atoms with Crippen molar-refractivity contribution in [3.63, 3.8) is 0 Å². The Kier molecular flexibility index (Phi) is 2.88. The molecule has 0 atom stereocenters. The van der Waals surface area contributed by atoms with Gasteiger partial charge in [0.15, 0.2) is 0 Å². The smallest absolute Gasteiger partial charge is 0.135 e. The van der Waals surface area contributed by atoms with Crippen LogP contribution in [0.15, 0.2) is 53.1 Å². The SMILES string of the molecule is C1=COC2=CC=NC=CC2=C1.Cl. The predicted molar refractivity (Wildman–Crippen MR) is 51.3 cm³/mol. The monoisotopic (exact) mass is 181 g/mol. The molecule has 2 heterocycles. The molecule has 0 aromatic rings. The first-order chi connectivity index (χ1) is 5.47. The first-order valence-corrected chi connectivity index (χ1v) is 3.41. The summed E-state index contributed by atoms with van der Waals surface area (Å²) in [7, 11) is 0. The maximum Gasteiger partial charge on any atom is 0.135 e. The summed E-state index contributed by atoms with van der Waals surface area (Å²) in [5.41, 5.74) is 1.06. The average Bonchev–Trinajstić information content (AvgIpc) is 2.28. The summed E-state index contributed by atoms with van der Waals surface area (Å²) in [5.74, 6) is 0.852. The minimum atomic E-state index is 0. The van der Waals surface area contributed by atoms with E-state index in [1.807, 2.05) is 24.3 Å². The van der Waals surface area contributed by atoms with E-state index in [-0.39, 0.29) is 12.4 Å². The van der Waals surface area contributed by atoms with E-state index in [1.165, 1.54) is 0 Å². The van der Waals surface area contributed by atoms with E-state index in [2.05, 4.69) is 4.99 Å². The van der Waals surface area contributed by atoms with E-state index in [1.54, 1.807) is 18.7 Å². The van der Waals surface area contributed by atoms with Crippen molar-refractivity contribution in [2.75, 3.05) is 0 Å². The van der Waals surface area contributed by atoms with Crippen molar-refractivity contribution < 1.29 is 4.74 Å². The van der Waals surface area contributed by atoms with E-state index >= 15 is 0 Å². The lowest BCUT2D eigenvalue weighted by atomic mass is 10.2. The van der Waals surface area contributed by atoms with E-state index in [0.29, 0.717) is 0 Å².